The van der Waals surface area contributed by atoms with Gasteiger partial charge in [0.25, 0.3) is 5.69 Å². The Morgan fingerprint density at radius 1 is 1.25 bits per heavy atom. The third-order valence-electron chi connectivity index (χ3n) is 4.84. The smallest absolute Gasteiger partial charge is 0.379 e. The number of carbonyl (C=O) groups excluding carboxylic acids is 1. The van der Waals surface area contributed by atoms with Crippen LogP contribution in [0.3, 0.4) is 0 Å². The molecule has 1 aromatic heterocycles. The molecule has 0 saturated carbocycles. The number of alkyl halides is 3. The van der Waals surface area contributed by atoms with E-state index >= 15 is 0 Å². The lowest BCUT2D eigenvalue weighted by Crippen LogP contribution is -2.38. The molecule has 0 aliphatic carbocycles. The second kappa shape index (κ2) is 10.3. The third-order valence-corrected chi connectivity index (χ3v) is 4.84. The summed E-state index contributed by atoms with van der Waals surface area (Å²) in [5, 5.41) is 16.6. The van der Waals surface area contributed by atoms with Gasteiger partial charge in [-0.1, -0.05) is 6.07 Å². The number of morpholine rings is 1. The van der Waals surface area contributed by atoms with Crippen LogP contribution in [0.2, 0.25) is 0 Å². The van der Waals surface area contributed by atoms with E-state index in [1.54, 1.807) is 12.3 Å². The molecule has 0 radical (unpaired) electrons. The Labute approximate surface area is 181 Å². The molecule has 0 unspecified atom stereocenters. The predicted molar refractivity (Wildman–Crippen MR) is 110 cm³/mol. The van der Waals surface area contributed by atoms with Crippen LogP contribution >= 0.6 is 0 Å². The van der Waals surface area contributed by atoms with Crippen molar-refractivity contribution in [2.75, 3.05) is 43.1 Å². The number of nitro benzene ring substituents is 1. The lowest BCUT2D eigenvalue weighted by molar-refractivity contribution is -0.384. The maximum atomic E-state index is 12.8. The Balaban J connectivity index is 1.54. The fourth-order valence-corrected chi connectivity index (χ4v) is 3.23. The van der Waals surface area contributed by atoms with Gasteiger partial charge in [0.2, 0.25) is 5.91 Å². The van der Waals surface area contributed by atoms with Gasteiger partial charge in [-0.05, 0) is 18.2 Å². The molecule has 0 bridgehead atoms. The van der Waals surface area contributed by atoms with Crippen LogP contribution < -0.4 is 15.5 Å². The van der Waals surface area contributed by atoms with Crippen LogP contribution in [0.15, 0.2) is 36.5 Å². The first-order valence-electron chi connectivity index (χ1n) is 9.88. The van der Waals surface area contributed by atoms with Crippen LogP contribution in [0.5, 0.6) is 0 Å². The van der Waals surface area contributed by atoms with Crippen molar-refractivity contribution in [2.45, 2.75) is 19.1 Å². The van der Waals surface area contributed by atoms with Gasteiger partial charge in [-0.2, -0.15) is 13.2 Å². The average molecular weight is 453 g/mol. The predicted octanol–water partition coefficient (Wildman–Crippen LogP) is 2.96. The van der Waals surface area contributed by atoms with E-state index in [4.69, 9.17) is 4.74 Å². The number of aromatic nitrogens is 1. The number of nitro groups is 1. The van der Waals surface area contributed by atoms with Crippen molar-refractivity contribution in [3.8, 4) is 0 Å². The summed E-state index contributed by atoms with van der Waals surface area (Å²) in [5.74, 6) is 0.457. The number of ether oxygens (including phenoxy) is 1. The number of nitrogens with zero attached hydrogens (tertiary/aromatic N) is 3. The number of pyridine rings is 1. The molecule has 3 rings (SSSR count). The first-order chi connectivity index (χ1) is 15.3. The van der Waals surface area contributed by atoms with E-state index < -0.39 is 22.4 Å². The van der Waals surface area contributed by atoms with E-state index in [0.717, 1.165) is 23.5 Å². The number of halogens is 3. The van der Waals surface area contributed by atoms with Crippen molar-refractivity contribution in [3.05, 3.63) is 57.8 Å². The zero-order chi connectivity index (χ0) is 23.1. The van der Waals surface area contributed by atoms with Gasteiger partial charge in [-0.25, -0.2) is 4.98 Å². The lowest BCUT2D eigenvalue weighted by Gasteiger charge is -2.29. The number of nitrogens with one attached hydrogen (secondary N) is 2. The van der Waals surface area contributed by atoms with Crippen LogP contribution in [0.1, 0.15) is 17.5 Å². The van der Waals surface area contributed by atoms with E-state index in [-0.39, 0.29) is 31.1 Å². The molecule has 9 nitrogen and oxygen atoms in total. The lowest BCUT2D eigenvalue weighted by atomic mass is 10.1. The number of anilines is 2. The summed E-state index contributed by atoms with van der Waals surface area (Å²) < 4.78 is 43.7. The summed E-state index contributed by atoms with van der Waals surface area (Å²) in [5.41, 5.74) is -1.06. The van der Waals surface area contributed by atoms with Gasteiger partial charge in [-0.15, -0.1) is 0 Å². The Kier molecular flexibility index (Phi) is 7.46. The minimum absolute atomic E-state index is 0.0153. The van der Waals surface area contributed by atoms with Crippen LogP contribution in [0, 0.1) is 10.1 Å². The maximum absolute atomic E-state index is 12.8. The largest absolute Gasteiger partial charge is 0.416 e. The minimum Gasteiger partial charge on any atom is -0.379 e. The molecule has 2 aromatic rings. The number of hydrogen-bond acceptors (Lipinski definition) is 7. The summed E-state index contributed by atoms with van der Waals surface area (Å²) in [7, 11) is 0. The number of rotatable bonds is 8. The van der Waals surface area contributed by atoms with Crippen molar-refractivity contribution < 1.29 is 27.6 Å². The second-order valence-corrected chi connectivity index (χ2v) is 7.03. The summed E-state index contributed by atoms with van der Waals surface area (Å²) in [6, 6.07) is 5.85. The Hall–Kier alpha value is -3.41. The van der Waals surface area contributed by atoms with Crippen molar-refractivity contribution in [2.24, 2.45) is 0 Å². The van der Waals surface area contributed by atoms with Crippen molar-refractivity contribution in [1.82, 2.24) is 10.3 Å². The zero-order valence-electron chi connectivity index (χ0n) is 17.0. The van der Waals surface area contributed by atoms with Crippen molar-refractivity contribution in [3.63, 3.8) is 0 Å². The van der Waals surface area contributed by atoms with Crippen molar-refractivity contribution >= 4 is 23.1 Å². The number of amides is 1. The van der Waals surface area contributed by atoms with Gasteiger partial charge in [0.1, 0.15) is 11.5 Å². The maximum Gasteiger partial charge on any atom is 0.416 e. The van der Waals surface area contributed by atoms with E-state index in [2.05, 4.69) is 20.5 Å². The molecule has 2 N–H and O–H groups in total. The van der Waals surface area contributed by atoms with Gasteiger partial charge >= 0.3 is 6.18 Å². The van der Waals surface area contributed by atoms with Gasteiger partial charge in [0.05, 0.1) is 23.7 Å². The number of benzene rings is 1. The minimum atomic E-state index is -4.68. The molecule has 1 aromatic carbocycles. The van der Waals surface area contributed by atoms with Crippen LogP contribution in [-0.4, -0.2) is 48.7 Å². The summed E-state index contributed by atoms with van der Waals surface area (Å²) >= 11 is 0. The quantitative estimate of drug-likeness (QED) is 0.467. The van der Waals surface area contributed by atoms with E-state index in [1.165, 1.54) is 0 Å². The highest BCUT2D eigenvalue weighted by atomic mass is 19.4. The normalized spacial score (nSPS) is 14.2. The SMILES string of the molecule is O=C(CCNc1ccc(C(F)(F)F)cc1[N+](=O)[O-])NCc1cccnc1N1CCOCC1. The third kappa shape index (κ3) is 6.06. The van der Waals surface area contributed by atoms with Crippen LogP contribution in [0.4, 0.5) is 30.4 Å². The van der Waals surface area contributed by atoms with Gasteiger partial charge < -0.3 is 20.3 Å². The topological polar surface area (TPSA) is 110 Å². The standard InChI is InChI=1S/C20H22F3N5O4/c21-20(22,23)15-3-4-16(17(12-15)28(30)31)24-7-5-18(29)26-13-14-2-1-6-25-19(14)27-8-10-32-11-9-27/h1-4,6,12,24H,5,7-11,13H2,(H,26,29). The van der Waals surface area contributed by atoms with E-state index in [9.17, 15) is 28.1 Å². The fourth-order valence-electron chi connectivity index (χ4n) is 3.23. The number of carbonyl (C=O) groups is 1. The fraction of sp³-hybridized carbons (Fsp3) is 0.400. The summed E-state index contributed by atoms with van der Waals surface area (Å²) in [6.45, 7) is 2.87. The highest BCUT2D eigenvalue weighted by Gasteiger charge is 2.33. The zero-order valence-corrected chi connectivity index (χ0v) is 17.0. The molecule has 1 aliphatic heterocycles. The molecular formula is C20H22F3N5O4. The molecule has 1 fully saturated rings. The molecule has 0 spiro atoms. The van der Waals surface area contributed by atoms with E-state index in [0.29, 0.717) is 32.4 Å². The highest BCUT2D eigenvalue weighted by molar-refractivity contribution is 5.77. The van der Waals surface area contributed by atoms with E-state index in [1.807, 2.05) is 6.07 Å². The molecule has 1 amide bonds. The molecule has 1 aliphatic rings. The molecule has 1 saturated heterocycles. The molecule has 2 heterocycles. The van der Waals surface area contributed by atoms with Crippen molar-refractivity contribution in [1.29, 1.82) is 0 Å². The van der Waals surface area contributed by atoms with Crippen LogP contribution in [0.25, 0.3) is 0 Å². The highest BCUT2D eigenvalue weighted by Crippen LogP contribution is 2.34. The molecule has 12 heteroatoms. The Morgan fingerprint density at radius 3 is 2.69 bits per heavy atom. The van der Waals surface area contributed by atoms with Crippen LogP contribution in [-0.2, 0) is 22.3 Å². The van der Waals surface area contributed by atoms with Gasteiger partial charge in [0, 0.05) is 50.4 Å². The molecular weight excluding hydrogens is 431 g/mol. The summed E-state index contributed by atoms with van der Waals surface area (Å²) in [4.78, 5) is 28.9. The first kappa shape index (κ1) is 23.3. The van der Waals surface area contributed by atoms with Gasteiger partial charge in [-0.3, -0.25) is 14.9 Å². The molecule has 32 heavy (non-hydrogen) atoms. The number of hydrogen-bond donors (Lipinski definition) is 2. The Bertz CT molecular complexity index is 964. The second-order valence-electron chi connectivity index (χ2n) is 7.03. The first-order valence-corrected chi connectivity index (χ1v) is 9.88. The Morgan fingerprint density at radius 2 is 2.00 bits per heavy atom. The average Bonchev–Trinajstić information content (AvgIpc) is 2.78. The molecule has 0 atom stereocenters. The van der Waals surface area contributed by atoms with Gasteiger partial charge in [0.15, 0.2) is 0 Å². The monoisotopic (exact) mass is 453 g/mol. The summed E-state index contributed by atoms with van der Waals surface area (Å²) in [6.07, 6.45) is -3.03. The molecule has 172 valence electrons.